The molecule has 0 aliphatic heterocycles. The summed E-state index contributed by atoms with van der Waals surface area (Å²) >= 11 is 1.14. The van der Waals surface area contributed by atoms with Crippen molar-refractivity contribution < 1.29 is 25.2 Å². The van der Waals surface area contributed by atoms with Crippen LogP contribution in [0.5, 0.6) is 17.2 Å². The Morgan fingerprint density at radius 2 is 1.62 bits per heavy atom. The summed E-state index contributed by atoms with van der Waals surface area (Å²) in [4.78, 5) is 12.6. The Balaban J connectivity index is 2.14. The lowest BCUT2D eigenvalue weighted by Gasteiger charge is -2.14. The van der Waals surface area contributed by atoms with E-state index in [0.29, 0.717) is 21.8 Å². The van der Waals surface area contributed by atoms with Gasteiger partial charge in [-0.3, -0.25) is 4.79 Å². The van der Waals surface area contributed by atoms with Gasteiger partial charge >= 0.3 is 5.97 Å². The van der Waals surface area contributed by atoms with Gasteiger partial charge < -0.3 is 20.4 Å². The predicted molar refractivity (Wildman–Crippen MR) is 101 cm³/mol. The molecule has 140 valence electrons. The molecule has 2 aromatic carbocycles. The normalized spacial score (nSPS) is 12.0. The number of aromatic hydroxyl groups is 3. The molecule has 26 heavy (non-hydrogen) atoms. The molecule has 0 saturated heterocycles. The van der Waals surface area contributed by atoms with Crippen LogP contribution < -0.4 is 0 Å². The summed E-state index contributed by atoms with van der Waals surface area (Å²) in [6.45, 7) is 2.11. The molecule has 0 bridgehead atoms. The number of phenols is 3. The van der Waals surface area contributed by atoms with Crippen molar-refractivity contribution in [3.8, 4) is 17.2 Å². The zero-order valence-corrected chi connectivity index (χ0v) is 15.5. The lowest BCUT2D eigenvalue weighted by atomic mass is 9.93. The maximum atomic E-state index is 11.6. The fourth-order valence-electron chi connectivity index (χ4n) is 2.76. The monoisotopic (exact) mass is 376 g/mol. The molecular weight excluding hydrogens is 352 g/mol. The Bertz CT molecular complexity index is 760. The average Bonchev–Trinajstić information content (AvgIpc) is 2.58. The predicted octanol–water partition coefficient (Wildman–Crippen LogP) is 5.09. The van der Waals surface area contributed by atoms with E-state index in [4.69, 9.17) is 0 Å². The summed E-state index contributed by atoms with van der Waals surface area (Å²) in [5.41, 5.74) is 0.575. The zero-order chi connectivity index (χ0) is 19.1. The lowest BCUT2D eigenvalue weighted by molar-refractivity contribution is -0.139. The minimum Gasteiger partial charge on any atom is -0.508 e. The number of benzene rings is 2. The fraction of sp³-hybridized carbons (Fsp3) is 0.350. The number of hydrogen-bond donors (Lipinski definition) is 4. The van der Waals surface area contributed by atoms with Gasteiger partial charge in [0.1, 0.15) is 17.2 Å². The second kappa shape index (κ2) is 9.38. The molecular formula is C20H24O5S. The highest BCUT2D eigenvalue weighted by Crippen LogP contribution is 2.41. The van der Waals surface area contributed by atoms with E-state index < -0.39 is 11.9 Å². The van der Waals surface area contributed by atoms with Crippen LogP contribution in [-0.4, -0.2) is 26.4 Å². The number of phenolic OH excluding ortho intramolecular Hbond substituents is 3. The Labute approximate surface area is 157 Å². The van der Waals surface area contributed by atoms with Gasteiger partial charge in [-0.25, -0.2) is 0 Å². The first-order valence-electron chi connectivity index (χ1n) is 8.68. The van der Waals surface area contributed by atoms with Gasteiger partial charge in [-0.05, 0) is 36.2 Å². The van der Waals surface area contributed by atoms with E-state index in [9.17, 15) is 25.2 Å². The van der Waals surface area contributed by atoms with E-state index in [-0.39, 0.29) is 17.2 Å². The molecule has 1 unspecified atom stereocenters. The third kappa shape index (κ3) is 5.33. The molecule has 4 N–H and O–H groups in total. The molecule has 6 heteroatoms. The second-order valence-electron chi connectivity index (χ2n) is 6.22. The third-order valence-corrected chi connectivity index (χ3v) is 5.32. The second-order valence-corrected chi connectivity index (χ2v) is 7.31. The average molecular weight is 376 g/mol. The van der Waals surface area contributed by atoms with Crippen molar-refractivity contribution in [2.75, 3.05) is 0 Å². The van der Waals surface area contributed by atoms with Crippen LogP contribution in [-0.2, 0) is 4.79 Å². The molecule has 1 atom stereocenters. The van der Waals surface area contributed by atoms with Crippen molar-refractivity contribution in [3.05, 3.63) is 42.0 Å². The zero-order valence-electron chi connectivity index (χ0n) is 14.7. The van der Waals surface area contributed by atoms with Gasteiger partial charge in [0.05, 0.1) is 15.7 Å². The number of rotatable bonds is 9. The summed E-state index contributed by atoms with van der Waals surface area (Å²) in [5, 5.41) is 39.0. The first kappa shape index (κ1) is 20.0. The lowest BCUT2D eigenvalue weighted by Crippen LogP contribution is -2.11. The molecule has 0 fully saturated rings. The molecule has 5 nitrogen and oxygen atoms in total. The van der Waals surface area contributed by atoms with Crippen LogP contribution in [0.3, 0.4) is 0 Å². The number of hydrogen-bond acceptors (Lipinski definition) is 5. The van der Waals surface area contributed by atoms with Crippen molar-refractivity contribution in [1.29, 1.82) is 0 Å². The van der Waals surface area contributed by atoms with Crippen molar-refractivity contribution >= 4 is 17.7 Å². The van der Waals surface area contributed by atoms with Crippen molar-refractivity contribution in [2.24, 2.45) is 0 Å². The van der Waals surface area contributed by atoms with E-state index in [2.05, 4.69) is 6.92 Å². The number of unbranched alkanes of at least 4 members (excludes halogenated alkanes) is 3. The first-order valence-corrected chi connectivity index (χ1v) is 9.49. The van der Waals surface area contributed by atoms with Crippen LogP contribution >= 0.6 is 11.8 Å². The molecule has 0 aliphatic rings. The molecule has 0 heterocycles. The van der Waals surface area contributed by atoms with E-state index in [1.54, 1.807) is 18.2 Å². The first-order chi connectivity index (χ1) is 12.4. The van der Waals surface area contributed by atoms with E-state index in [1.807, 2.05) is 0 Å². The van der Waals surface area contributed by atoms with Crippen LogP contribution in [0, 0.1) is 0 Å². The highest BCUT2D eigenvalue weighted by Gasteiger charge is 2.21. The SMILES string of the molecule is CCCCCCC(C(=O)O)c1ccc(Sc2ccc(O)cc2O)c(O)c1. The Hall–Kier alpha value is -2.34. The van der Waals surface area contributed by atoms with E-state index >= 15 is 0 Å². The molecule has 0 aromatic heterocycles. The topological polar surface area (TPSA) is 98.0 Å². The van der Waals surface area contributed by atoms with Crippen molar-refractivity contribution in [2.45, 2.75) is 54.7 Å². The van der Waals surface area contributed by atoms with E-state index in [1.165, 1.54) is 18.2 Å². The van der Waals surface area contributed by atoms with Gasteiger partial charge in [0.2, 0.25) is 0 Å². The molecule has 2 aromatic rings. The number of carboxylic acids is 1. The summed E-state index contributed by atoms with van der Waals surface area (Å²) in [6.07, 6.45) is 4.56. The molecule has 0 saturated carbocycles. The standard InChI is InChI=1S/C20H24O5S/c1-2-3-4-5-6-15(20(24)25)13-7-9-18(16(22)11-13)26-19-10-8-14(21)12-17(19)23/h7-12,15,21-23H,2-6H2,1H3,(H,24,25). The maximum absolute atomic E-state index is 11.6. The van der Waals surface area contributed by atoms with Crippen LogP contribution in [0.2, 0.25) is 0 Å². The quantitative estimate of drug-likeness (QED) is 0.455. The highest BCUT2D eigenvalue weighted by molar-refractivity contribution is 7.99. The van der Waals surface area contributed by atoms with Crippen molar-refractivity contribution in [3.63, 3.8) is 0 Å². The van der Waals surface area contributed by atoms with Gasteiger partial charge in [0, 0.05) is 6.07 Å². The Morgan fingerprint density at radius 1 is 0.962 bits per heavy atom. The molecule has 0 amide bonds. The summed E-state index contributed by atoms with van der Waals surface area (Å²) in [7, 11) is 0. The van der Waals surface area contributed by atoms with Crippen molar-refractivity contribution in [1.82, 2.24) is 0 Å². The number of aliphatic carboxylic acids is 1. The summed E-state index contributed by atoms with van der Waals surface area (Å²) < 4.78 is 0. The highest BCUT2D eigenvalue weighted by atomic mass is 32.2. The third-order valence-electron chi connectivity index (χ3n) is 4.19. The van der Waals surface area contributed by atoms with Gasteiger partial charge in [0.15, 0.2) is 0 Å². The molecule has 0 spiro atoms. The summed E-state index contributed by atoms with van der Waals surface area (Å²) in [5.74, 6) is -1.69. The van der Waals surface area contributed by atoms with Crippen LogP contribution in [0.1, 0.15) is 50.5 Å². The van der Waals surface area contributed by atoms with Gasteiger partial charge in [0.25, 0.3) is 0 Å². The summed E-state index contributed by atoms with van der Waals surface area (Å²) in [6, 6.07) is 9.07. The van der Waals surface area contributed by atoms with Gasteiger partial charge in [-0.1, -0.05) is 50.4 Å². The number of carbonyl (C=O) groups is 1. The molecule has 0 aliphatic carbocycles. The fourth-order valence-corrected chi connectivity index (χ4v) is 3.59. The van der Waals surface area contributed by atoms with Crippen LogP contribution in [0.4, 0.5) is 0 Å². The molecule has 0 radical (unpaired) electrons. The molecule has 2 rings (SSSR count). The Kier molecular flexibility index (Phi) is 7.21. The smallest absolute Gasteiger partial charge is 0.310 e. The largest absolute Gasteiger partial charge is 0.508 e. The van der Waals surface area contributed by atoms with Gasteiger partial charge in [-0.15, -0.1) is 0 Å². The van der Waals surface area contributed by atoms with E-state index in [0.717, 1.165) is 37.4 Å². The number of carboxylic acid groups (broad SMARTS) is 1. The van der Waals surface area contributed by atoms with Gasteiger partial charge in [-0.2, -0.15) is 0 Å². The Morgan fingerprint density at radius 3 is 2.19 bits per heavy atom. The van der Waals surface area contributed by atoms with Crippen LogP contribution in [0.15, 0.2) is 46.2 Å². The minimum atomic E-state index is -0.891. The maximum Gasteiger partial charge on any atom is 0.310 e. The van der Waals surface area contributed by atoms with Crippen LogP contribution in [0.25, 0.3) is 0 Å². The minimum absolute atomic E-state index is 0.0280.